The Morgan fingerprint density at radius 1 is 1.05 bits per heavy atom. The van der Waals surface area contributed by atoms with Crippen LogP contribution in [-0.4, -0.2) is 19.5 Å². The van der Waals surface area contributed by atoms with Crippen molar-refractivity contribution in [1.29, 1.82) is 0 Å². The van der Waals surface area contributed by atoms with E-state index in [4.69, 9.17) is 9.47 Å². The molecule has 3 heteroatoms. The number of para-hydroxylation sites is 1. The number of ether oxygens (including phenoxy) is 2. The molecule has 0 aromatic heterocycles. The molecule has 3 nitrogen and oxygen atoms in total. The molecule has 0 heterocycles. The summed E-state index contributed by atoms with van der Waals surface area (Å²) in [5.41, 5.74) is 2.10. The second-order valence-electron chi connectivity index (χ2n) is 5.43. The van der Waals surface area contributed by atoms with E-state index in [9.17, 15) is 4.79 Å². The quantitative estimate of drug-likeness (QED) is 0.719. The molecule has 0 aliphatic carbocycles. The Balaban J connectivity index is 2.33. The van der Waals surface area contributed by atoms with Crippen LogP contribution >= 0.6 is 0 Å². The van der Waals surface area contributed by atoms with Crippen LogP contribution in [0.3, 0.4) is 0 Å². The Morgan fingerprint density at radius 2 is 1.73 bits per heavy atom. The Bertz CT molecular complexity index is 602. The van der Waals surface area contributed by atoms with Crippen molar-refractivity contribution in [3.63, 3.8) is 0 Å². The third-order valence-corrected chi connectivity index (χ3v) is 3.50. The van der Waals surface area contributed by atoms with Gasteiger partial charge in [0.05, 0.1) is 13.2 Å². The van der Waals surface area contributed by atoms with E-state index >= 15 is 0 Å². The average molecular weight is 298 g/mol. The fourth-order valence-corrected chi connectivity index (χ4v) is 2.54. The number of benzene rings is 2. The topological polar surface area (TPSA) is 35.5 Å². The minimum Gasteiger partial charge on any atom is -0.496 e. The summed E-state index contributed by atoms with van der Waals surface area (Å²) < 4.78 is 11.1. The van der Waals surface area contributed by atoms with Crippen LogP contribution < -0.4 is 9.47 Å². The number of carbonyl (C=O) groups is 1. The van der Waals surface area contributed by atoms with E-state index in [1.165, 1.54) is 0 Å². The Kier molecular flexibility index (Phi) is 5.59. The Hall–Kier alpha value is -2.29. The monoisotopic (exact) mass is 298 g/mol. The van der Waals surface area contributed by atoms with E-state index in [1.807, 2.05) is 62.4 Å². The van der Waals surface area contributed by atoms with Gasteiger partial charge in [-0.3, -0.25) is 0 Å². The molecule has 0 aliphatic heterocycles. The second kappa shape index (κ2) is 7.64. The van der Waals surface area contributed by atoms with Crippen LogP contribution in [0, 0.1) is 0 Å². The summed E-state index contributed by atoms with van der Waals surface area (Å²) in [6.07, 6.45) is 1.52. The molecule has 0 saturated heterocycles. The molecule has 0 saturated carbocycles. The molecule has 0 N–H and O–H groups in total. The molecular weight excluding hydrogens is 276 g/mol. The fourth-order valence-electron chi connectivity index (χ4n) is 2.54. The fraction of sp³-hybridized carbons (Fsp3) is 0.316. The highest BCUT2D eigenvalue weighted by atomic mass is 16.5. The predicted molar refractivity (Wildman–Crippen MR) is 87.7 cm³/mol. The van der Waals surface area contributed by atoms with Gasteiger partial charge in [-0.15, -0.1) is 0 Å². The van der Waals surface area contributed by atoms with Gasteiger partial charge in [0.1, 0.15) is 17.8 Å². The molecule has 0 fully saturated rings. The summed E-state index contributed by atoms with van der Waals surface area (Å²) in [5, 5.41) is 0. The molecule has 2 aromatic rings. The maximum atomic E-state index is 11.1. The SMILES string of the molecule is COc1ccccc1C(CC=O)c1ccc(OC(C)C)cc1. The highest BCUT2D eigenvalue weighted by Gasteiger charge is 2.17. The summed E-state index contributed by atoms with van der Waals surface area (Å²) in [5.74, 6) is 1.63. The van der Waals surface area contributed by atoms with E-state index in [2.05, 4.69) is 0 Å². The molecule has 116 valence electrons. The van der Waals surface area contributed by atoms with E-state index in [0.717, 1.165) is 28.9 Å². The van der Waals surface area contributed by atoms with Gasteiger partial charge in [0.25, 0.3) is 0 Å². The number of rotatable bonds is 7. The largest absolute Gasteiger partial charge is 0.496 e. The van der Waals surface area contributed by atoms with Crippen molar-refractivity contribution in [2.24, 2.45) is 0 Å². The molecule has 0 radical (unpaired) electrons. The number of aldehydes is 1. The van der Waals surface area contributed by atoms with Crippen LogP contribution in [0.2, 0.25) is 0 Å². The zero-order chi connectivity index (χ0) is 15.9. The normalized spacial score (nSPS) is 12.0. The summed E-state index contributed by atoms with van der Waals surface area (Å²) >= 11 is 0. The summed E-state index contributed by atoms with van der Waals surface area (Å²) in [4.78, 5) is 11.1. The third kappa shape index (κ3) is 3.88. The third-order valence-electron chi connectivity index (χ3n) is 3.50. The van der Waals surface area contributed by atoms with Gasteiger partial charge in [0.2, 0.25) is 0 Å². The van der Waals surface area contributed by atoms with Gasteiger partial charge in [-0.25, -0.2) is 0 Å². The summed E-state index contributed by atoms with van der Waals surface area (Å²) in [6.45, 7) is 4.00. The minimum atomic E-state index is -0.0123. The van der Waals surface area contributed by atoms with Gasteiger partial charge in [0, 0.05) is 17.9 Å². The van der Waals surface area contributed by atoms with E-state index in [-0.39, 0.29) is 12.0 Å². The van der Waals surface area contributed by atoms with Gasteiger partial charge < -0.3 is 14.3 Å². The van der Waals surface area contributed by atoms with Crippen LogP contribution in [0.15, 0.2) is 48.5 Å². The Morgan fingerprint density at radius 3 is 2.32 bits per heavy atom. The van der Waals surface area contributed by atoms with Gasteiger partial charge in [-0.1, -0.05) is 30.3 Å². The average Bonchev–Trinajstić information content (AvgIpc) is 2.53. The van der Waals surface area contributed by atoms with Crippen molar-refractivity contribution in [2.75, 3.05) is 7.11 Å². The minimum absolute atomic E-state index is 0.0123. The van der Waals surface area contributed by atoms with Crippen molar-refractivity contribution in [1.82, 2.24) is 0 Å². The van der Waals surface area contributed by atoms with E-state index in [0.29, 0.717) is 6.42 Å². The van der Waals surface area contributed by atoms with Crippen LogP contribution in [0.25, 0.3) is 0 Å². The lowest BCUT2D eigenvalue weighted by molar-refractivity contribution is -0.108. The summed E-state index contributed by atoms with van der Waals surface area (Å²) in [7, 11) is 1.65. The maximum Gasteiger partial charge on any atom is 0.122 e. The molecule has 0 spiro atoms. The molecule has 0 amide bonds. The van der Waals surface area contributed by atoms with Crippen LogP contribution in [-0.2, 0) is 4.79 Å². The summed E-state index contributed by atoms with van der Waals surface area (Å²) in [6, 6.07) is 15.7. The van der Waals surface area contributed by atoms with Gasteiger partial charge in [-0.2, -0.15) is 0 Å². The number of hydrogen-bond donors (Lipinski definition) is 0. The number of methoxy groups -OCH3 is 1. The van der Waals surface area contributed by atoms with Crippen molar-refractivity contribution in [3.05, 3.63) is 59.7 Å². The van der Waals surface area contributed by atoms with Crippen LogP contribution in [0.4, 0.5) is 0 Å². The lowest BCUT2D eigenvalue weighted by Crippen LogP contribution is -2.07. The van der Waals surface area contributed by atoms with Crippen molar-refractivity contribution >= 4 is 6.29 Å². The molecule has 2 aromatic carbocycles. The zero-order valence-corrected chi connectivity index (χ0v) is 13.3. The van der Waals surface area contributed by atoms with Gasteiger partial charge in [-0.05, 0) is 37.6 Å². The van der Waals surface area contributed by atoms with Gasteiger partial charge >= 0.3 is 0 Å². The molecule has 1 unspecified atom stereocenters. The number of hydrogen-bond acceptors (Lipinski definition) is 3. The lowest BCUT2D eigenvalue weighted by atomic mass is 9.88. The molecular formula is C19H22O3. The van der Waals surface area contributed by atoms with Crippen molar-refractivity contribution in [2.45, 2.75) is 32.3 Å². The first-order valence-electron chi connectivity index (χ1n) is 7.49. The number of carbonyl (C=O) groups excluding carboxylic acids is 1. The first-order valence-corrected chi connectivity index (χ1v) is 7.49. The highest BCUT2D eigenvalue weighted by Crippen LogP contribution is 2.34. The predicted octanol–water partition coefficient (Wildman–Crippen LogP) is 4.20. The standard InChI is InChI=1S/C19H22O3/c1-14(2)22-16-10-8-15(9-11-16)17(12-13-20)18-6-4-5-7-19(18)21-3/h4-11,13-14,17H,12H2,1-3H3. The molecule has 1 atom stereocenters. The van der Waals surface area contributed by atoms with Gasteiger partial charge in [0.15, 0.2) is 0 Å². The van der Waals surface area contributed by atoms with Crippen molar-refractivity contribution < 1.29 is 14.3 Å². The first kappa shape index (κ1) is 16.1. The maximum absolute atomic E-state index is 11.1. The first-order chi connectivity index (χ1) is 10.7. The molecule has 22 heavy (non-hydrogen) atoms. The molecule has 2 rings (SSSR count). The Labute approximate surface area is 131 Å². The van der Waals surface area contributed by atoms with E-state index < -0.39 is 0 Å². The van der Waals surface area contributed by atoms with Crippen LogP contribution in [0.1, 0.15) is 37.3 Å². The second-order valence-corrected chi connectivity index (χ2v) is 5.43. The molecule has 0 bridgehead atoms. The highest BCUT2D eigenvalue weighted by molar-refractivity contribution is 5.56. The lowest BCUT2D eigenvalue weighted by Gasteiger charge is -2.19. The van der Waals surface area contributed by atoms with Crippen LogP contribution in [0.5, 0.6) is 11.5 Å². The van der Waals surface area contributed by atoms with E-state index in [1.54, 1.807) is 7.11 Å². The molecule has 0 aliphatic rings. The van der Waals surface area contributed by atoms with Crippen molar-refractivity contribution in [3.8, 4) is 11.5 Å². The smallest absolute Gasteiger partial charge is 0.122 e. The zero-order valence-electron chi connectivity index (χ0n) is 13.3.